The van der Waals surface area contributed by atoms with E-state index in [4.69, 9.17) is 9.84 Å². The lowest BCUT2D eigenvalue weighted by Crippen LogP contribution is -2.39. The second kappa shape index (κ2) is 5.19. The van der Waals surface area contributed by atoms with Gasteiger partial charge in [-0.05, 0) is 32.4 Å². The molecule has 0 aromatic carbocycles. The molecule has 0 spiro atoms. The third-order valence-electron chi connectivity index (χ3n) is 2.46. The van der Waals surface area contributed by atoms with Crippen molar-refractivity contribution in [3.63, 3.8) is 0 Å². The smallest absolute Gasteiger partial charge is 0.321 e. The average Bonchev–Trinajstić information content (AvgIpc) is 2.57. The molecule has 0 saturated carbocycles. The van der Waals surface area contributed by atoms with Gasteiger partial charge in [-0.15, -0.1) is 0 Å². The minimum Gasteiger partial charge on any atom is -0.480 e. The first-order chi connectivity index (χ1) is 6.25. The van der Waals surface area contributed by atoms with Gasteiger partial charge in [0.05, 0.1) is 0 Å². The van der Waals surface area contributed by atoms with Gasteiger partial charge in [-0.3, -0.25) is 9.69 Å². The number of hydrogen-bond acceptors (Lipinski definition) is 3. The number of methoxy groups -OCH3 is 1. The summed E-state index contributed by atoms with van der Waals surface area (Å²) >= 11 is 0. The van der Waals surface area contributed by atoms with Gasteiger partial charge >= 0.3 is 5.97 Å². The molecule has 0 amide bonds. The van der Waals surface area contributed by atoms with Crippen molar-refractivity contribution in [2.45, 2.75) is 25.3 Å². The number of hydrogen-bond donors (Lipinski definition) is 1. The Hall–Kier alpha value is -0.610. The molecule has 4 heteroatoms. The van der Waals surface area contributed by atoms with Crippen molar-refractivity contribution in [1.29, 1.82) is 0 Å². The highest BCUT2D eigenvalue weighted by molar-refractivity contribution is 5.73. The average molecular weight is 187 g/mol. The van der Waals surface area contributed by atoms with Crippen LogP contribution in [0.4, 0.5) is 0 Å². The van der Waals surface area contributed by atoms with E-state index in [1.165, 1.54) is 0 Å². The molecule has 1 unspecified atom stereocenters. The summed E-state index contributed by atoms with van der Waals surface area (Å²) in [4.78, 5) is 12.9. The van der Waals surface area contributed by atoms with Crippen molar-refractivity contribution in [3.8, 4) is 0 Å². The number of carbonyl (C=O) groups is 1. The van der Waals surface area contributed by atoms with E-state index in [1.54, 1.807) is 7.11 Å². The second-order valence-corrected chi connectivity index (χ2v) is 3.38. The lowest BCUT2D eigenvalue weighted by atomic mass is 10.2. The van der Waals surface area contributed by atoms with Gasteiger partial charge in [0.2, 0.25) is 0 Å². The normalized spacial score (nSPS) is 20.4. The lowest BCUT2D eigenvalue weighted by Gasteiger charge is -2.23. The predicted molar refractivity (Wildman–Crippen MR) is 48.7 cm³/mol. The summed E-state index contributed by atoms with van der Waals surface area (Å²) in [5.41, 5.74) is 0. The van der Waals surface area contributed by atoms with Gasteiger partial charge in [0.1, 0.15) is 6.04 Å². The van der Waals surface area contributed by atoms with Crippen LogP contribution in [-0.4, -0.2) is 48.8 Å². The van der Waals surface area contributed by atoms with Gasteiger partial charge in [0.25, 0.3) is 0 Å². The van der Waals surface area contributed by atoms with Gasteiger partial charge < -0.3 is 9.84 Å². The highest BCUT2D eigenvalue weighted by atomic mass is 16.5. The van der Waals surface area contributed by atoms with Gasteiger partial charge in [-0.25, -0.2) is 0 Å². The summed E-state index contributed by atoms with van der Waals surface area (Å²) in [5, 5.41) is 8.96. The van der Waals surface area contributed by atoms with Crippen LogP contribution >= 0.6 is 0 Å². The van der Waals surface area contributed by atoms with Crippen LogP contribution in [0.2, 0.25) is 0 Å². The van der Waals surface area contributed by atoms with Crippen molar-refractivity contribution < 1.29 is 14.6 Å². The fraction of sp³-hybridized carbons (Fsp3) is 0.889. The maximum absolute atomic E-state index is 10.9. The van der Waals surface area contributed by atoms with Crippen LogP contribution in [0.25, 0.3) is 0 Å². The number of aliphatic carboxylic acids is 1. The Kier molecular flexibility index (Phi) is 4.18. The largest absolute Gasteiger partial charge is 0.480 e. The zero-order chi connectivity index (χ0) is 9.68. The minimum absolute atomic E-state index is 0.345. The van der Waals surface area contributed by atoms with Crippen LogP contribution in [0.3, 0.4) is 0 Å². The van der Waals surface area contributed by atoms with Crippen LogP contribution in [0.1, 0.15) is 19.3 Å². The summed E-state index contributed by atoms with van der Waals surface area (Å²) in [7, 11) is 1.60. The molecule has 4 nitrogen and oxygen atoms in total. The van der Waals surface area contributed by atoms with Gasteiger partial charge in [-0.2, -0.15) is 0 Å². The van der Waals surface area contributed by atoms with Crippen LogP contribution in [0, 0.1) is 0 Å². The van der Waals surface area contributed by atoms with E-state index < -0.39 is 5.97 Å². The molecule has 1 rings (SSSR count). The molecule has 1 aliphatic rings. The number of nitrogens with zero attached hydrogens (tertiary/aromatic N) is 1. The number of likely N-dealkylation sites (tertiary alicyclic amines) is 1. The maximum atomic E-state index is 10.9. The van der Waals surface area contributed by atoms with E-state index in [0.29, 0.717) is 13.0 Å². The molecule has 1 saturated heterocycles. The highest BCUT2D eigenvalue weighted by Gasteiger charge is 2.27. The van der Waals surface area contributed by atoms with Gasteiger partial charge in [-0.1, -0.05) is 0 Å². The Morgan fingerprint density at radius 1 is 1.54 bits per heavy atom. The highest BCUT2D eigenvalue weighted by Crippen LogP contribution is 2.14. The molecule has 1 atom stereocenters. The molecule has 0 aliphatic carbocycles. The van der Waals surface area contributed by atoms with Crippen molar-refractivity contribution in [3.05, 3.63) is 0 Å². The Labute approximate surface area is 78.5 Å². The predicted octanol–water partition coefficient (Wildman–Crippen LogP) is 0.572. The second-order valence-electron chi connectivity index (χ2n) is 3.38. The van der Waals surface area contributed by atoms with E-state index >= 15 is 0 Å². The summed E-state index contributed by atoms with van der Waals surface area (Å²) in [5.74, 6) is -0.723. The molecule has 1 N–H and O–H groups in total. The molecule has 76 valence electrons. The third-order valence-corrected chi connectivity index (χ3v) is 2.46. The monoisotopic (exact) mass is 187 g/mol. The van der Waals surface area contributed by atoms with Crippen molar-refractivity contribution >= 4 is 5.97 Å². The Morgan fingerprint density at radius 3 is 2.62 bits per heavy atom. The lowest BCUT2D eigenvalue weighted by molar-refractivity contribution is -0.143. The van der Waals surface area contributed by atoms with Crippen molar-refractivity contribution in [1.82, 2.24) is 4.90 Å². The van der Waals surface area contributed by atoms with Crippen LogP contribution in [-0.2, 0) is 9.53 Å². The van der Waals surface area contributed by atoms with E-state index in [0.717, 1.165) is 25.9 Å². The minimum atomic E-state index is -0.723. The van der Waals surface area contributed by atoms with Crippen molar-refractivity contribution in [2.24, 2.45) is 0 Å². The standard InChI is InChI=1S/C9H17NO3/c1-13-7-4-8(9(11)12)10-5-2-3-6-10/h8H,2-7H2,1H3,(H,11,12). The van der Waals surface area contributed by atoms with Crippen molar-refractivity contribution in [2.75, 3.05) is 26.8 Å². The van der Waals surface area contributed by atoms with Crippen LogP contribution in [0.15, 0.2) is 0 Å². The summed E-state index contributed by atoms with van der Waals surface area (Å²) in [6, 6.07) is -0.345. The first-order valence-corrected chi connectivity index (χ1v) is 4.71. The third kappa shape index (κ3) is 2.97. The fourth-order valence-corrected chi connectivity index (χ4v) is 1.74. The molecule has 0 aromatic rings. The maximum Gasteiger partial charge on any atom is 0.321 e. The zero-order valence-corrected chi connectivity index (χ0v) is 8.03. The summed E-state index contributed by atoms with van der Waals surface area (Å²) in [6.07, 6.45) is 2.83. The Bertz CT molecular complexity index is 166. The van der Waals surface area contributed by atoms with Gasteiger partial charge in [0, 0.05) is 13.7 Å². The Balaban J connectivity index is 2.40. The molecule has 13 heavy (non-hydrogen) atoms. The van der Waals surface area contributed by atoms with E-state index in [2.05, 4.69) is 0 Å². The molecule has 1 heterocycles. The summed E-state index contributed by atoms with van der Waals surface area (Å²) < 4.78 is 4.89. The van der Waals surface area contributed by atoms with Crippen LogP contribution < -0.4 is 0 Å². The molecule has 0 bridgehead atoms. The molecule has 0 radical (unpaired) electrons. The number of carboxylic acids is 1. The molecule has 1 fully saturated rings. The van der Waals surface area contributed by atoms with E-state index in [1.807, 2.05) is 4.90 Å². The molecular weight excluding hydrogens is 170 g/mol. The summed E-state index contributed by atoms with van der Waals surface area (Å²) in [6.45, 7) is 2.36. The SMILES string of the molecule is COCCC(C(=O)O)N1CCCC1. The topological polar surface area (TPSA) is 49.8 Å². The molecule has 0 aromatic heterocycles. The van der Waals surface area contributed by atoms with Gasteiger partial charge in [0.15, 0.2) is 0 Å². The van der Waals surface area contributed by atoms with E-state index in [-0.39, 0.29) is 6.04 Å². The fourth-order valence-electron chi connectivity index (χ4n) is 1.74. The first kappa shape index (κ1) is 10.5. The number of carboxylic acid groups (broad SMARTS) is 1. The van der Waals surface area contributed by atoms with Crippen LogP contribution in [0.5, 0.6) is 0 Å². The zero-order valence-electron chi connectivity index (χ0n) is 8.03. The Morgan fingerprint density at radius 2 is 2.15 bits per heavy atom. The molecule has 1 aliphatic heterocycles. The molecular formula is C9H17NO3. The quantitative estimate of drug-likeness (QED) is 0.683. The number of ether oxygens (including phenoxy) is 1. The first-order valence-electron chi connectivity index (χ1n) is 4.71. The number of rotatable bonds is 5. The van der Waals surface area contributed by atoms with E-state index in [9.17, 15) is 4.79 Å².